The Hall–Kier alpha value is -1.36. The summed E-state index contributed by atoms with van der Waals surface area (Å²) >= 11 is 0. The van der Waals surface area contributed by atoms with Gasteiger partial charge >= 0.3 is 11.9 Å². The Morgan fingerprint density at radius 3 is 2.46 bits per heavy atom. The smallest absolute Gasteiger partial charge is 0.308 e. The number of carboxylic acid groups (broad SMARTS) is 2. The molecule has 0 spiro atoms. The molecule has 0 saturated carbocycles. The SMILES string of the molecule is C=CCNCC(CC(=O)O)C(=O)O. The monoisotopic (exact) mass is 187 g/mol. The van der Waals surface area contributed by atoms with Gasteiger partial charge in [-0.15, -0.1) is 6.58 Å². The summed E-state index contributed by atoms with van der Waals surface area (Å²) in [6.45, 7) is 4.06. The quantitative estimate of drug-likeness (QED) is 0.384. The van der Waals surface area contributed by atoms with Gasteiger partial charge in [0.05, 0.1) is 12.3 Å². The first kappa shape index (κ1) is 11.6. The van der Waals surface area contributed by atoms with Gasteiger partial charge in [-0.2, -0.15) is 0 Å². The standard InChI is InChI=1S/C8H13NO4/c1-2-3-9-5-6(8(12)13)4-7(10)11/h2,6,9H,1,3-5H2,(H,10,11)(H,12,13). The van der Waals surface area contributed by atoms with E-state index in [2.05, 4.69) is 11.9 Å². The van der Waals surface area contributed by atoms with E-state index in [-0.39, 0.29) is 13.0 Å². The van der Waals surface area contributed by atoms with Crippen LogP contribution in [-0.2, 0) is 9.59 Å². The van der Waals surface area contributed by atoms with Gasteiger partial charge < -0.3 is 15.5 Å². The van der Waals surface area contributed by atoms with Crippen LogP contribution in [0.25, 0.3) is 0 Å². The fourth-order valence-electron chi connectivity index (χ4n) is 0.817. The van der Waals surface area contributed by atoms with E-state index in [1.165, 1.54) is 0 Å². The molecule has 1 atom stereocenters. The van der Waals surface area contributed by atoms with Gasteiger partial charge in [-0.05, 0) is 0 Å². The van der Waals surface area contributed by atoms with Crippen LogP contribution < -0.4 is 5.32 Å². The molecule has 3 N–H and O–H groups in total. The summed E-state index contributed by atoms with van der Waals surface area (Å²) < 4.78 is 0. The molecular weight excluding hydrogens is 174 g/mol. The molecule has 0 aliphatic heterocycles. The lowest BCUT2D eigenvalue weighted by molar-refractivity contribution is -0.148. The van der Waals surface area contributed by atoms with Crippen LogP contribution in [-0.4, -0.2) is 35.2 Å². The fourth-order valence-corrected chi connectivity index (χ4v) is 0.817. The predicted octanol–water partition coefficient (Wildman–Crippen LogP) is -0.0625. The molecule has 0 fully saturated rings. The topological polar surface area (TPSA) is 86.6 Å². The Balaban J connectivity index is 3.87. The van der Waals surface area contributed by atoms with E-state index in [9.17, 15) is 9.59 Å². The number of rotatable bonds is 7. The van der Waals surface area contributed by atoms with Gasteiger partial charge in [-0.25, -0.2) is 0 Å². The van der Waals surface area contributed by atoms with E-state index in [0.717, 1.165) is 0 Å². The molecule has 0 radical (unpaired) electrons. The zero-order valence-corrected chi connectivity index (χ0v) is 7.19. The Labute approximate surface area is 76.1 Å². The molecule has 5 heteroatoms. The summed E-state index contributed by atoms with van der Waals surface area (Å²) in [5, 5.41) is 19.7. The molecule has 1 unspecified atom stereocenters. The lowest BCUT2D eigenvalue weighted by atomic mass is 10.1. The van der Waals surface area contributed by atoms with Gasteiger partial charge in [0, 0.05) is 13.1 Å². The van der Waals surface area contributed by atoms with E-state index in [1.807, 2.05) is 0 Å². The highest BCUT2D eigenvalue weighted by Gasteiger charge is 2.19. The van der Waals surface area contributed by atoms with Crippen LogP contribution in [0.4, 0.5) is 0 Å². The average Bonchev–Trinajstić information content (AvgIpc) is 2.02. The number of hydrogen-bond donors (Lipinski definition) is 3. The lowest BCUT2D eigenvalue weighted by Gasteiger charge is -2.09. The highest BCUT2D eigenvalue weighted by molar-refractivity contribution is 5.77. The molecule has 0 aliphatic carbocycles. The number of carbonyl (C=O) groups is 2. The number of aliphatic carboxylic acids is 2. The van der Waals surface area contributed by atoms with Crippen molar-refractivity contribution in [2.24, 2.45) is 5.92 Å². The Kier molecular flexibility index (Phi) is 5.54. The maximum Gasteiger partial charge on any atom is 0.308 e. The molecule has 0 bridgehead atoms. The Bertz CT molecular complexity index is 202. The summed E-state index contributed by atoms with van der Waals surface area (Å²) in [4.78, 5) is 20.7. The van der Waals surface area contributed by atoms with Crippen molar-refractivity contribution in [2.75, 3.05) is 13.1 Å². The van der Waals surface area contributed by atoms with Crippen LogP contribution in [0.3, 0.4) is 0 Å². The molecule has 0 rings (SSSR count). The minimum Gasteiger partial charge on any atom is -0.481 e. The van der Waals surface area contributed by atoms with Crippen molar-refractivity contribution in [1.29, 1.82) is 0 Å². The van der Waals surface area contributed by atoms with Gasteiger partial charge in [-0.1, -0.05) is 6.08 Å². The Morgan fingerprint density at radius 2 is 2.08 bits per heavy atom. The number of nitrogens with one attached hydrogen (secondary N) is 1. The van der Waals surface area contributed by atoms with Crippen molar-refractivity contribution < 1.29 is 19.8 Å². The summed E-state index contributed by atoms with van der Waals surface area (Å²) in [6.07, 6.45) is 1.22. The highest BCUT2D eigenvalue weighted by Crippen LogP contribution is 2.01. The maximum atomic E-state index is 10.5. The summed E-state index contributed by atoms with van der Waals surface area (Å²) in [5.74, 6) is -3.08. The zero-order valence-electron chi connectivity index (χ0n) is 7.19. The summed E-state index contributed by atoms with van der Waals surface area (Å²) in [7, 11) is 0. The van der Waals surface area contributed by atoms with Crippen molar-refractivity contribution in [3.63, 3.8) is 0 Å². The molecule has 0 aromatic rings. The van der Waals surface area contributed by atoms with Gasteiger partial charge in [0.2, 0.25) is 0 Å². The number of hydrogen-bond acceptors (Lipinski definition) is 3. The molecular formula is C8H13NO4. The van der Waals surface area contributed by atoms with Gasteiger partial charge in [-0.3, -0.25) is 9.59 Å². The van der Waals surface area contributed by atoms with E-state index in [1.54, 1.807) is 6.08 Å². The first-order valence-corrected chi connectivity index (χ1v) is 3.84. The Morgan fingerprint density at radius 1 is 1.46 bits per heavy atom. The molecule has 0 heterocycles. The molecule has 0 amide bonds. The van der Waals surface area contributed by atoms with Gasteiger partial charge in [0.1, 0.15) is 0 Å². The number of carboxylic acids is 2. The molecule has 13 heavy (non-hydrogen) atoms. The van der Waals surface area contributed by atoms with Crippen LogP contribution in [0.1, 0.15) is 6.42 Å². The van der Waals surface area contributed by atoms with Gasteiger partial charge in [0.25, 0.3) is 0 Å². The minimum absolute atomic E-state index is 0.146. The normalized spacial score (nSPS) is 12.0. The molecule has 0 saturated heterocycles. The minimum atomic E-state index is -1.10. The van der Waals surface area contributed by atoms with E-state index in [4.69, 9.17) is 10.2 Å². The van der Waals surface area contributed by atoms with Crippen molar-refractivity contribution in [1.82, 2.24) is 5.32 Å². The zero-order chi connectivity index (χ0) is 10.3. The summed E-state index contributed by atoms with van der Waals surface area (Å²) in [6, 6.07) is 0. The molecule has 74 valence electrons. The van der Waals surface area contributed by atoms with E-state index < -0.39 is 17.9 Å². The molecule has 0 aromatic heterocycles. The van der Waals surface area contributed by atoms with Gasteiger partial charge in [0.15, 0.2) is 0 Å². The molecule has 0 aliphatic rings. The molecule has 0 aromatic carbocycles. The van der Waals surface area contributed by atoms with Crippen LogP contribution >= 0.6 is 0 Å². The van der Waals surface area contributed by atoms with Crippen LogP contribution in [0.2, 0.25) is 0 Å². The van der Waals surface area contributed by atoms with E-state index in [0.29, 0.717) is 6.54 Å². The van der Waals surface area contributed by atoms with Crippen LogP contribution in [0.15, 0.2) is 12.7 Å². The first-order chi connectivity index (χ1) is 6.07. The predicted molar refractivity (Wildman–Crippen MR) is 46.4 cm³/mol. The largest absolute Gasteiger partial charge is 0.481 e. The molecule has 5 nitrogen and oxygen atoms in total. The van der Waals surface area contributed by atoms with Crippen LogP contribution in [0, 0.1) is 5.92 Å². The van der Waals surface area contributed by atoms with Crippen molar-refractivity contribution in [3.8, 4) is 0 Å². The maximum absolute atomic E-state index is 10.5. The van der Waals surface area contributed by atoms with Crippen LogP contribution in [0.5, 0.6) is 0 Å². The second-order valence-electron chi connectivity index (χ2n) is 2.58. The average molecular weight is 187 g/mol. The second-order valence-corrected chi connectivity index (χ2v) is 2.58. The third-order valence-corrected chi connectivity index (χ3v) is 1.45. The van der Waals surface area contributed by atoms with Crippen molar-refractivity contribution in [3.05, 3.63) is 12.7 Å². The lowest BCUT2D eigenvalue weighted by Crippen LogP contribution is -2.30. The highest BCUT2D eigenvalue weighted by atomic mass is 16.4. The fraction of sp³-hybridized carbons (Fsp3) is 0.500. The summed E-state index contributed by atoms with van der Waals surface area (Å²) in [5.41, 5.74) is 0. The third-order valence-electron chi connectivity index (χ3n) is 1.45. The first-order valence-electron chi connectivity index (χ1n) is 3.84. The van der Waals surface area contributed by atoms with Crippen molar-refractivity contribution >= 4 is 11.9 Å². The van der Waals surface area contributed by atoms with Crippen molar-refractivity contribution in [2.45, 2.75) is 6.42 Å². The van der Waals surface area contributed by atoms with E-state index >= 15 is 0 Å². The third kappa shape index (κ3) is 5.86. The second kappa shape index (κ2) is 6.19.